The minimum atomic E-state index is -3.95. The topological polar surface area (TPSA) is 87.6 Å². The van der Waals surface area contributed by atoms with Gasteiger partial charge in [-0.2, -0.15) is 0 Å². The van der Waals surface area contributed by atoms with Crippen molar-refractivity contribution in [1.82, 2.24) is 4.98 Å². The van der Waals surface area contributed by atoms with E-state index in [0.717, 1.165) is 4.31 Å². The third-order valence-electron chi connectivity index (χ3n) is 3.17. The molecule has 0 saturated heterocycles. The number of anilines is 1. The molecular formula is C16H17ClN2O4S. The van der Waals surface area contributed by atoms with E-state index >= 15 is 0 Å². The van der Waals surface area contributed by atoms with Crippen molar-refractivity contribution in [3.63, 3.8) is 0 Å². The number of benzene rings is 1. The highest BCUT2D eigenvalue weighted by molar-refractivity contribution is 7.92. The van der Waals surface area contributed by atoms with Gasteiger partial charge in [-0.05, 0) is 24.1 Å². The van der Waals surface area contributed by atoms with Gasteiger partial charge in [0.1, 0.15) is 0 Å². The van der Waals surface area contributed by atoms with Crippen LogP contribution in [0.1, 0.15) is 24.3 Å². The second-order valence-corrected chi connectivity index (χ2v) is 7.87. The van der Waals surface area contributed by atoms with Gasteiger partial charge in [0.2, 0.25) is 0 Å². The molecule has 8 heteroatoms. The molecule has 0 saturated carbocycles. The summed E-state index contributed by atoms with van der Waals surface area (Å²) in [5.41, 5.74) is -0.410. The monoisotopic (exact) mass is 368 g/mol. The lowest BCUT2D eigenvalue weighted by molar-refractivity contribution is 0.0691. The molecule has 0 spiro atoms. The van der Waals surface area contributed by atoms with E-state index in [2.05, 4.69) is 4.98 Å². The Morgan fingerprint density at radius 1 is 1.29 bits per heavy atom. The average molecular weight is 369 g/mol. The molecular weight excluding hydrogens is 352 g/mol. The molecule has 0 unspecified atom stereocenters. The minimum Gasteiger partial charge on any atom is -0.476 e. The number of hydrogen-bond acceptors (Lipinski definition) is 4. The largest absolute Gasteiger partial charge is 0.476 e. The first-order valence-electron chi connectivity index (χ1n) is 7.20. The Labute approximate surface area is 145 Å². The van der Waals surface area contributed by atoms with Gasteiger partial charge in [-0.25, -0.2) is 18.2 Å². The molecule has 0 aliphatic heterocycles. The number of nitrogens with zero attached hydrogens (tertiary/aromatic N) is 2. The highest BCUT2D eigenvalue weighted by Crippen LogP contribution is 2.29. The van der Waals surface area contributed by atoms with Crippen molar-refractivity contribution >= 4 is 33.3 Å². The zero-order valence-electron chi connectivity index (χ0n) is 13.2. The van der Waals surface area contributed by atoms with Crippen LogP contribution in [0.25, 0.3) is 0 Å². The SMILES string of the molecule is CC(C)CN(c1cc(Cl)cnc1C(=O)O)S(=O)(=O)c1ccccc1. The Morgan fingerprint density at radius 3 is 2.46 bits per heavy atom. The van der Waals surface area contributed by atoms with Crippen LogP contribution >= 0.6 is 11.6 Å². The van der Waals surface area contributed by atoms with E-state index in [1.807, 2.05) is 13.8 Å². The van der Waals surface area contributed by atoms with E-state index in [9.17, 15) is 18.3 Å². The molecule has 0 fully saturated rings. The fourth-order valence-corrected chi connectivity index (χ4v) is 3.96. The molecule has 0 aliphatic carbocycles. The van der Waals surface area contributed by atoms with Crippen LogP contribution in [0.3, 0.4) is 0 Å². The Bertz CT molecular complexity index is 838. The van der Waals surface area contributed by atoms with Crippen LogP contribution in [0.5, 0.6) is 0 Å². The molecule has 0 atom stereocenters. The molecule has 1 aromatic carbocycles. The number of sulfonamides is 1. The van der Waals surface area contributed by atoms with Crippen molar-refractivity contribution in [2.75, 3.05) is 10.8 Å². The normalized spacial score (nSPS) is 11.5. The summed E-state index contributed by atoms with van der Waals surface area (Å²) >= 11 is 5.92. The Hall–Kier alpha value is -2.12. The van der Waals surface area contributed by atoms with Gasteiger partial charge in [-0.1, -0.05) is 43.6 Å². The van der Waals surface area contributed by atoms with Gasteiger partial charge in [0.25, 0.3) is 10.0 Å². The van der Waals surface area contributed by atoms with E-state index in [1.165, 1.54) is 24.4 Å². The summed E-state index contributed by atoms with van der Waals surface area (Å²) in [5, 5.41) is 9.51. The summed E-state index contributed by atoms with van der Waals surface area (Å²) in [6.45, 7) is 3.78. The van der Waals surface area contributed by atoms with Gasteiger partial charge >= 0.3 is 5.97 Å². The number of carboxylic acids is 1. The number of aromatic carboxylic acids is 1. The van der Waals surface area contributed by atoms with Crippen molar-refractivity contribution in [3.8, 4) is 0 Å². The van der Waals surface area contributed by atoms with E-state index in [4.69, 9.17) is 11.6 Å². The number of carbonyl (C=O) groups is 1. The van der Waals surface area contributed by atoms with Crippen molar-refractivity contribution < 1.29 is 18.3 Å². The number of halogens is 1. The van der Waals surface area contributed by atoms with Gasteiger partial charge in [0.15, 0.2) is 5.69 Å². The van der Waals surface area contributed by atoms with Crippen LogP contribution in [0.2, 0.25) is 5.02 Å². The Balaban J connectivity index is 2.67. The van der Waals surface area contributed by atoms with Crippen LogP contribution in [0.4, 0.5) is 5.69 Å². The first kappa shape index (κ1) is 18.2. The summed E-state index contributed by atoms with van der Waals surface area (Å²) in [6.07, 6.45) is 1.18. The van der Waals surface area contributed by atoms with Crippen molar-refractivity contribution in [3.05, 3.63) is 53.3 Å². The maximum Gasteiger partial charge on any atom is 0.356 e. The first-order chi connectivity index (χ1) is 11.2. The summed E-state index contributed by atoms with van der Waals surface area (Å²) < 4.78 is 27.1. The van der Waals surface area contributed by atoms with Gasteiger partial charge in [-0.15, -0.1) is 0 Å². The first-order valence-corrected chi connectivity index (χ1v) is 9.02. The highest BCUT2D eigenvalue weighted by Gasteiger charge is 2.29. The zero-order chi connectivity index (χ0) is 17.9. The molecule has 0 radical (unpaired) electrons. The average Bonchev–Trinajstić information content (AvgIpc) is 2.52. The van der Waals surface area contributed by atoms with E-state index < -0.39 is 16.0 Å². The number of carboxylic acid groups (broad SMARTS) is 1. The lowest BCUT2D eigenvalue weighted by Gasteiger charge is -2.27. The van der Waals surface area contributed by atoms with E-state index in [0.29, 0.717) is 0 Å². The number of pyridine rings is 1. The second kappa shape index (κ2) is 7.19. The zero-order valence-corrected chi connectivity index (χ0v) is 14.8. The molecule has 0 aliphatic rings. The number of rotatable bonds is 6. The fourth-order valence-electron chi connectivity index (χ4n) is 2.16. The fraction of sp³-hybridized carbons (Fsp3) is 0.250. The summed E-state index contributed by atoms with van der Waals surface area (Å²) in [6, 6.07) is 9.14. The summed E-state index contributed by atoms with van der Waals surface area (Å²) in [7, 11) is -3.95. The van der Waals surface area contributed by atoms with Crippen LogP contribution in [-0.4, -0.2) is 31.0 Å². The molecule has 0 amide bonds. The molecule has 128 valence electrons. The van der Waals surface area contributed by atoms with Crippen LogP contribution in [0.15, 0.2) is 47.5 Å². The molecule has 1 N–H and O–H groups in total. The van der Waals surface area contributed by atoms with E-state index in [1.54, 1.807) is 18.2 Å². The van der Waals surface area contributed by atoms with Crippen molar-refractivity contribution in [2.24, 2.45) is 5.92 Å². The Kier molecular flexibility index (Phi) is 5.46. The standard InChI is InChI=1S/C16H17ClN2O4S/c1-11(2)10-19(24(22,23)13-6-4-3-5-7-13)14-8-12(17)9-18-15(14)16(20)21/h3-9,11H,10H2,1-2H3,(H,20,21). The number of hydrogen-bond donors (Lipinski definition) is 1. The van der Waals surface area contributed by atoms with Crippen LogP contribution < -0.4 is 4.31 Å². The van der Waals surface area contributed by atoms with Crippen LogP contribution in [-0.2, 0) is 10.0 Å². The Morgan fingerprint density at radius 2 is 1.92 bits per heavy atom. The van der Waals surface area contributed by atoms with Crippen LogP contribution in [0, 0.1) is 5.92 Å². The summed E-state index contributed by atoms with van der Waals surface area (Å²) in [5.74, 6) is -1.36. The van der Waals surface area contributed by atoms with Crippen molar-refractivity contribution in [1.29, 1.82) is 0 Å². The molecule has 24 heavy (non-hydrogen) atoms. The molecule has 2 rings (SSSR count). The molecule has 1 heterocycles. The lowest BCUT2D eigenvalue weighted by Crippen LogP contribution is -2.35. The molecule has 1 aromatic heterocycles. The predicted molar refractivity (Wildman–Crippen MR) is 92.0 cm³/mol. The minimum absolute atomic E-state index is 0.0379. The molecule has 0 bridgehead atoms. The second-order valence-electron chi connectivity index (χ2n) is 5.57. The van der Waals surface area contributed by atoms with Gasteiger partial charge in [0, 0.05) is 12.7 Å². The third-order valence-corrected chi connectivity index (χ3v) is 5.17. The third kappa shape index (κ3) is 3.85. The predicted octanol–water partition coefficient (Wildman–Crippen LogP) is 3.28. The highest BCUT2D eigenvalue weighted by atomic mass is 35.5. The lowest BCUT2D eigenvalue weighted by atomic mass is 10.2. The van der Waals surface area contributed by atoms with Gasteiger partial charge < -0.3 is 5.11 Å². The van der Waals surface area contributed by atoms with Gasteiger partial charge in [-0.3, -0.25) is 4.31 Å². The van der Waals surface area contributed by atoms with E-state index in [-0.39, 0.29) is 33.8 Å². The number of aromatic nitrogens is 1. The smallest absolute Gasteiger partial charge is 0.356 e. The quantitative estimate of drug-likeness (QED) is 0.845. The maximum absolute atomic E-state index is 13.0. The molecule has 6 nitrogen and oxygen atoms in total. The molecule has 2 aromatic rings. The summed E-state index contributed by atoms with van der Waals surface area (Å²) in [4.78, 5) is 15.3. The van der Waals surface area contributed by atoms with Crippen molar-refractivity contribution in [2.45, 2.75) is 18.7 Å². The maximum atomic E-state index is 13.0. The van der Waals surface area contributed by atoms with Gasteiger partial charge in [0.05, 0.1) is 15.6 Å².